The Morgan fingerprint density at radius 2 is 2.31 bits per heavy atom. The highest BCUT2D eigenvalue weighted by Gasteiger charge is 2.26. The topological polar surface area (TPSA) is 94.1 Å². The van der Waals surface area contributed by atoms with Gasteiger partial charge in [0.05, 0.1) is 24.1 Å². The molecular formula is C8H10F2N4O2. The van der Waals surface area contributed by atoms with Crippen molar-refractivity contribution < 1.29 is 13.7 Å². The van der Waals surface area contributed by atoms with Crippen molar-refractivity contribution in [1.82, 2.24) is 4.98 Å². The summed E-state index contributed by atoms with van der Waals surface area (Å²) < 4.78 is 25.5. The Morgan fingerprint density at radius 1 is 1.62 bits per heavy atom. The Kier molecular flexibility index (Phi) is 3.67. The Bertz CT molecular complexity index is 386. The molecule has 0 saturated heterocycles. The van der Waals surface area contributed by atoms with E-state index in [2.05, 4.69) is 10.3 Å². The number of anilines is 1. The first-order valence-electron chi connectivity index (χ1n) is 4.37. The number of aromatic nitrogens is 1. The van der Waals surface area contributed by atoms with Crippen LogP contribution in [0, 0.1) is 10.1 Å². The summed E-state index contributed by atoms with van der Waals surface area (Å²) in [4.78, 5) is 13.4. The minimum atomic E-state index is -3.06. The quantitative estimate of drug-likeness (QED) is 0.583. The number of nitrogens with one attached hydrogen (secondary N) is 1. The zero-order valence-corrected chi connectivity index (χ0v) is 8.19. The molecule has 0 unspecified atom stereocenters. The van der Waals surface area contributed by atoms with Gasteiger partial charge in [-0.2, -0.15) is 0 Å². The molecule has 0 aromatic carbocycles. The summed E-state index contributed by atoms with van der Waals surface area (Å²) in [6.45, 7) is -1.51. The normalized spacial score (nSPS) is 11.2. The van der Waals surface area contributed by atoms with Crippen LogP contribution in [0.2, 0.25) is 0 Å². The summed E-state index contributed by atoms with van der Waals surface area (Å²) in [5.41, 5.74) is 4.62. The van der Waals surface area contributed by atoms with E-state index in [9.17, 15) is 18.9 Å². The Labute approximate surface area is 89.6 Å². The third-order valence-corrected chi connectivity index (χ3v) is 1.78. The average molecular weight is 232 g/mol. The van der Waals surface area contributed by atoms with Gasteiger partial charge in [-0.25, -0.2) is 13.8 Å². The van der Waals surface area contributed by atoms with Gasteiger partial charge in [0.25, 0.3) is 11.6 Å². The standard InChI is InChI=1S/C8H10F2N4O2/c9-8(10,4-11)5-13-7-3-6(14(15)16)1-2-12-7/h1-3H,4-5,11H2,(H,12,13). The van der Waals surface area contributed by atoms with Gasteiger partial charge < -0.3 is 11.1 Å². The molecule has 1 aromatic heterocycles. The van der Waals surface area contributed by atoms with Gasteiger partial charge in [-0.1, -0.05) is 0 Å². The van der Waals surface area contributed by atoms with E-state index in [0.29, 0.717) is 0 Å². The second-order valence-electron chi connectivity index (χ2n) is 3.07. The van der Waals surface area contributed by atoms with Gasteiger partial charge in [-0.15, -0.1) is 0 Å². The zero-order valence-electron chi connectivity index (χ0n) is 8.19. The molecule has 0 aliphatic carbocycles. The maximum atomic E-state index is 12.7. The molecule has 0 amide bonds. The molecule has 16 heavy (non-hydrogen) atoms. The summed E-state index contributed by atoms with van der Waals surface area (Å²) in [6.07, 6.45) is 1.17. The van der Waals surface area contributed by atoms with Gasteiger partial charge in [-0.05, 0) is 0 Å². The number of nitrogens with zero attached hydrogens (tertiary/aromatic N) is 2. The molecule has 0 saturated carbocycles. The van der Waals surface area contributed by atoms with Crippen LogP contribution >= 0.6 is 0 Å². The van der Waals surface area contributed by atoms with Crippen molar-refractivity contribution in [3.8, 4) is 0 Å². The Balaban J connectivity index is 2.68. The van der Waals surface area contributed by atoms with Crippen LogP contribution in [0.3, 0.4) is 0 Å². The van der Waals surface area contributed by atoms with Crippen molar-refractivity contribution in [2.24, 2.45) is 5.73 Å². The fourth-order valence-corrected chi connectivity index (χ4v) is 0.922. The molecule has 0 aliphatic heterocycles. The number of hydrogen-bond acceptors (Lipinski definition) is 5. The molecule has 0 atom stereocenters. The SMILES string of the molecule is NCC(F)(F)CNc1cc([N+](=O)[O-])ccn1. The highest BCUT2D eigenvalue weighted by molar-refractivity contribution is 5.44. The number of halogens is 2. The smallest absolute Gasteiger partial charge is 0.276 e. The lowest BCUT2D eigenvalue weighted by molar-refractivity contribution is -0.384. The van der Waals surface area contributed by atoms with Crippen molar-refractivity contribution in [2.45, 2.75) is 5.92 Å². The number of nitrogens with two attached hydrogens (primary N) is 1. The van der Waals surface area contributed by atoms with Gasteiger partial charge in [0.2, 0.25) is 0 Å². The van der Waals surface area contributed by atoms with E-state index in [0.717, 1.165) is 6.07 Å². The lowest BCUT2D eigenvalue weighted by atomic mass is 10.3. The number of pyridine rings is 1. The first-order valence-corrected chi connectivity index (χ1v) is 4.37. The van der Waals surface area contributed by atoms with Gasteiger partial charge in [0.15, 0.2) is 0 Å². The van der Waals surface area contributed by atoms with E-state index in [1.54, 1.807) is 0 Å². The van der Waals surface area contributed by atoms with Crippen molar-refractivity contribution >= 4 is 11.5 Å². The number of nitro groups is 1. The molecule has 0 fully saturated rings. The first kappa shape index (κ1) is 12.2. The van der Waals surface area contributed by atoms with E-state index in [4.69, 9.17) is 5.73 Å². The highest BCUT2D eigenvalue weighted by atomic mass is 19.3. The first-order chi connectivity index (χ1) is 7.44. The fraction of sp³-hybridized carbons (Fsp3) is 0.375. The molecule has 0 radical (unpaired) electrons. The largest absolute Gasteiger partial charge is 0.364 e. The van der Waals surface area contributed by atoms with Crippen LogP contribution in [-0.2, 0) is 0 Å². The number of rotatable bonds is 5. The van der Waals surface area contributed by atoms with Crippen molar-refractivity contribution in [1.29, 1.82) is 0 Å². The van der Waals surface area contributed by atoms with E-state index in [1.165, 1.54) is 12.3 Å². The Hall–Kier alpha value is -1.83. The van der Waals surface area contributed by atoms with Crippen LogP contribution in [0.4, 0.5) is 20.3 Å². The van der Waals surface area contributed by atoms with Crippen molar-refractivity contribution in [3.05, 3.63) is 28.4 Å². The number of alkyl halides is 2. The average Bonchev–Trinajstić information content (AvgIpc) is 2.27. The van der Waals surface area contributed by atoms with E-state index < -0.39 is 23.9 Å². The predicted molar refractivity (Wildman–Crippen MR) is 53.4 cm³/mol. The molecule has 1 rings (SSSR count). The van der Waals surface area contributed by atoms with Crippen LogP contribution in [0.5, 0.6) is 0 Å². The molecule has 1 heterocycles. The van der Waals surface area contributed by atoms with E-state index >= 15 is 0 Å². The monoisotopic (exact) mass is 232 g/mol. The molecule has 0 aliphatic rings. The van der Waals surface area contributed by atoms with Crippen LogP contribution in [0.1, 0.15) is 0 Å². The second kappa shape index (κ2) is 4.79. The van der Waals surface area contributed by atoms with E-state index in [-0.39, 0.29) is 11.5 Å². The maximum Gasteiger partial charge on any atom is 0.276 e. The summed E-state index contributed by atoms with van der Waals surface area (Å²) in [5.74, 6) is -3.05. The van der Waals surface area contributed by atoms with Crippen molar-refractivity contribution in [2.75, 3.05) is 18.4 Å². The molecule has 1 aromatic rings. The summed E-state index contributed by atoms with van der Waals surface area (Å²) in [6, 6.07) is 2.25. The third-order valence-electron chi connectivity index (χ3n) is 1.78. The van der Waals surface area contributed by atoms with Crippen LogP contribution < -0.4 is 11.1 Å². The summed E-state index contributed by atoms with van der Waals surface area (Å²) in [7, 11) is 0. The fourth-order valence-electron chi connectivity index (χ4n) is 0.922. The van der Waals surface area contributed by atoms with Gasteiger partial charge in [0, 0.05) is 12.3 Å². The molecule has 6 nitrogen and oxygen atoms in total. The molecule has 88 valence electrons. The van der Waals surface area contributed by atoms with E-state index in [1.807, 2.05) is 0 Å². The minimum Gasteiger partial charge on any atom is -0.364 e. The molecule has 0 bridgehead atoms. The summed E-state index contributed by atoms with van der Waals surface area (Å²) in [5, 5.41) is 12.7. The minimum absolute atomic E-state index is 0.0160. The Morgan fingerprint density at radius 3 is 2.88 bits per heavy atom. The predicted octanol–water partition coefficient (Wildman–Crippen LogP) is 0.996. The second-order valence-corrected chi connectivity index (χ2v) is 3.07. The van der Waals surface area contributed by atoms with Crippen LogP contribution in [0.15, 0.2) is 18.3 Å². The zero-order chi connectivity index (χ0) is 12.2. The number of hydrogen-bond donors (Lipinski definition) is 2. The van der Waals surface area contributed by atoms with Gasteiger partial charge >= 0.3 is 0 Å². The van der Waals surface area contributed by atoms with Gasteiger partial charge in [-0.3, -0.25) is 10.1 Å². The van der Waals surface area contributed by atoms with Gasteiger partial charge in [0.1, 0.15) is 5.82 Å². The molecule has 0 spiro atoms. The lowest BCUT2D eigenvalue weighted by Gasteiger charge is -2.14. The highest BCUT2D eigenvalue weighted by Crippen LogP contribution is 2.16. The molecule has 8 heteroatoms. The maximum absolute atomic E-state index is 12.7. The van der Waals surface area contributed by atoms with Crippen molar-refractivity contribution in [3.63, 3.8) is 0 Å². The summed E-state index contributed by atoms with van der Waals surface area (Å²) >= 11 is 0. The molecular weight excluding hydrogens is 222 g/mol. The molecule has 3 N–H and O–H groups in total. The third kappa shape index (κ3) is 3.39. The lowest BCUT2D eigenvalue weighted by Crippen LogP contribution is -2.35. The van der Waals surface area contributed by atoms with Crippen LogP contribution in [0.25, 0.3) is 0 Å². The van der Waals surface area contributed by atoms with Crippen LogP contribution in [-0.4, -0.2) is 28.9 Å².